The van der Waals surface area contributed by atoms with Gasteiger partial charge in [-0.2, -0.15) is 13.9 Å². The molecular formula is C23H16F4N4O4. The lowest BCUT2D eigenvalue weighted by Crippen LogP contribution is -2.14. The zero-order valence-corrected chi connectivity index (χ0v) is 17.9. The van der Waals surface area contributed by atoms with E-state index in [-0.39, 0.29) is 23.3 Å². The molecule has 0 aliphatic carbocycles. The molecule has 0 aliphatic heterocycles. The number of hydrogen-bond donors (Lipinski definition) is 2. The van der Waals surface area contributed by atoms with Crippen LogP contribution in [0.1, 0.15) is 26.8 Å². The number of ether oxygens (including phenoxy) is 1. The number of hydrogen-bond acceptors (Lipinski definition) is 5. The summed E-state index contributed by atoms with van der Waals surface area (Å²) in [4.78, 5) is 24.7. The fourth-order valence-corrected chi connectivity index (χ4v) is 3.00. The average molecular weight is 488 g/mol. The number of aromatic nitrogens is 2. The van der Waals surface area contributed by atoms with E-state index in [1.54, 1.807) is 37.5 Å². The fourth-order valence-electron chi connectivity index (χ4n) is 3.00. The maximum Gasteiger partial charge on any atom is 0.291 e. The van der Waals surface area contributed by atoms with E-state index in [4.69, 9.17) is 9.15 Å². The van der Waals surface area contributed by atoms with Gasteiger partial charge in [0.25, 0.3) is 11.8 Å². The first-order chi connectivity index (χ1) is 16.7. The third-order valence-corrected chi connectivity index (χ3v) is 4.64. The summed E-state index contributed by atoms with van der Waals surface area (Å²) >= 11 is 0. The van der Waals surface area contributed by atoms with Crippen molar-refractivity contribution in [3.8, 4) is 5.75 Å². The smallest absolute Gasteiger partial charge is 0.291 e. The molecule has 2 amide bonds. The van der Waals surface area contributed by atoms with Gasteiger partial charge in [-0.3, -0.25) is 14.3 Å². The summed E-state index contributed by atoms with van der Waals surface area (Å²) in [5.41, 5.74) is 0.953. The molecule has 4 aromatic rings. The molecule has 0 bridgehead atoms. The monoisotopic (exact) mass is 488 g/mol. The highest BCUT2D eigenvalue weighted by molar-refractivity contribution is 6.04. The number of anilines is 2. The summed E-state index contributed by atoms with van der Waals surface area (Å²) in [5.74, 6) is -9.16. The van der Waals surface area contributed by atoms with Crippen molar-refractivity contribution < 1.29 is 36.3 Å². The van der Waals surface area contributed by atoms with Crippen LogP contribution in [0.4, 0.5) is 28.9 Å². The first kappa shape index (κ1) is 23.5. The Hall–Kier alpha value is -4.61. The molecule has 0 spiro atoms. The molecule has 4 rings (SSSR count). The number of halogens is 4. The largest absolute Gasteiger partial charge is 0.479 e. The molecule has 35 heavy (non-hydrogen) atoms. The zero-order chi connectivity index (χ0) is 25.1. The van der Waals surface area contributed by atoms with Gasteiger partial charge in [-0.25, -0.2) is 8.78 Å². The predicted octanol–water partition coefficient (Wildman–Crippen LogP) is 4.65. The first-order valence-corrected chi connectivity index (χ1v) is 9.98. The maximum absolute atomic E-state index is 13.7. The second-order valence-corrected chi connectivity index (χ2v) is 7.22. The molecule has 2 N–H and O–H groups in total. The van der Waals surface area contributed by atoms with Crippen LogP contribution in [-0.2, 0) is 13.7 Å². The molecule has 0 unspecified atom stereocenters. The van der Waals surface area contributed by atoms with Crippen molar-refractivity contribution in [1.29, 1.82) is 0 Å². The highest BCUT2D eigenvalue weighted by atomic mass is 19.2. The Labute approximate surface area is 195 Å². The summed E-state index contributed by atoms with van der Waals surface area (Å²) in [6.07, 6.45) is 1.62. The van der Waals surface area contributed by atoms with Crippen molar-refractivity contribution in [3.63, 3.8) is 0 Å². The summed E-state index contributed by atoms with van der Waals surface area (Å²) in [5, 5.41) is 9.24. The fraction of sp³-hybridized carbons (Fsp3) is 0.0870. The Morgan fingerprint density at radius 2 is 1.60 bits per heavy atom. The lowest BCUT2D eigenvalue weighted by atomic mass is 10.2. The van der Waals surface area contributed by atoms with Crippen LogP contribution in [0.2, 0.25) is 0 Å². The molecule has 8 nitrogen and oxygen atoms in total. The van der Waals surface area contributed by atoms with Gasteiger partial charge in [0, 0.05) is 30.7 Å². The molecule has 0 aliphatic rings. The van der Waals surface area contributed by atoms with Gasteiger partial charge in [-0.1, -0.05) is 6.07 Å². The molecule has 2 heterocycles. The van der Waals surface area contributed by atoms with E-state index < -0.39 is 47.4 Å². The van der Waals surface area contributed by atoms with Crippen molar-refractivity contribution in [2.24, 2.45) is 7.05 Å². The molecule has 12 heteroatoms. The van der Waals surface area contributed by atoms with Crippen LogP contribution in [0.5, 0.6) is 5.75 Å². The van der Waals surface area contributed by atoms with Crippen LogP contribution >= 0.6 is 0 Å². The van der Waals surface area contributed by atoms with Gasteiger partial charge in [0.15, 0.2) is 28.8 Å². The highest BCUT2D eigenvalue weighted by Gasteiger charge is 2.21. The number of aryl methyl sites for hydroxylation is 1. The van der Waals surface area contributed by atoms with Gasteiger partial charge < -0.3 is 19.8 Å². The molecule has 0 saturated heterocycles. The quantitative estimate of drug-likeness (QED) is 0.292. The van der Waals surface area contributed by atoms with Gasteiger partial charge in [0.1, 0.15) is 12.4 Å². The van der Waals surface area contributed by atoms with Crippen LogP contribution < -0.4 is 15.4 Å². The molecule has 180 valence electrons. The van der Waals surface area contributed by atoms with Crippen molar-refractivity contribution in [1.82, 2.24) is 9.78 Å². The second kappa shape index (κ2) is 9.71. The topological polar surface area (TPSA) is 98.4 Å². The van der Waals surface area contributed by atoms with Gasteiger partial charge in [0.2, 0.25) is 11.6 Å². The van der Waals surface area contributed by atoms with Crippen LogP contribution in [0, 0.1) is 23.3 Å². The highest BCUT2D eigenvalue weighted by Crippen LogP contribution is 2.27. The molecule has 0 atom stereocenters. The van der Waals surface area contributed by atoms with Crippen LogP contribution in [0.25, 0.3) is 0 Å². The first-order valence-electron chi connectivity index (χ1n) is 9.98. The Morgan fingerprint density at radius 3 is 2.23 bits per heavy atom. The standard InChI is InChI=1S/C23H16F4N4O4/c1-31-8-7-17(30-31)22(32)28-12-3-2-4-13(9-12)29-23(33)18-6-5-14(35-18)11-34-21-19(26)15(24)10-16(25)20(21)27/h2-10H,11H2,1H3,(H,28,32)(H,29,33). The Morgan fingerprint density at radius 1 is 0.943 bits per heavy atom. The zero-order valence-electron chi connectivity index (χ0n) is 17.9. The number of nitrogens with zero attached hydrogens (tertiary/aromatic N) is 2. The molecule has 2 aromatic carbocycles. The van der Waals surface area contributed by atoms with E-state index in [0.717, 1.165) is 0 Å². The van der Waals surface area contributed by atoms with E-state index in [2.05, 4.69) is 15.7 Å². The third kappa shape index (κ3) is 5.32. The molecule has 0 radical (unpaired) electrons. The second-order valence-electron chi connectivity index (χ2n) is 7.22. The van der Waals surface area contributed by atoms with Gasteiger partial charge in [-0.05, 0) is 36.4 Å². The Kier molecular flexibility index (Phi) is 6.53. The maximum atomic E-state index is 13.7. The number of nitrogens with one attached hydrogen (secondary N) is 2. The number of benzene rings is 2. The minimum Gasteiger partial charge on any atom is -0.479 e. The lowest BCUT2D eigenvalue weighted by Gasteiger charge is -2.08. The lowest BCUT2D eigenvalue weighted by molar-refractivity contribution is 0.0990. The number of furan rings is 1. The number of carbonyl (C=O) groups excluding carboxylic acids is 2. The molecular weight excluding hydrogens is 472 g/mol. The van der Waals surface area contributed by atoms with Crippen LogP contribution in [0.3, 0.4) is 0 Å². The Balaban J connectivity index is 1.39. The van der Waals surface area contributed by atoms with Crippen molar-refractivity contribution in [3.05, 3.63) is 95.2 Å². The summed E-state index contributed by atoms with van der Waals surface area (Å²) in [6, 6.07) is 10.5. The van der Waals surface area contributed by atoms with E-state index in [9.17, 15) is 27.2 Å². The van der Waals surface area contributed by atoms with Crippen LogP contribution in [-0.4, -0.2) is 21.6 Å². The van der Waals surface area contributed by atoms with Gasteiger partial charge >= 0.3 is 0 Å². The van der Waals surface area contributed by atoms with Crippen molar-refractivity contribution in [2.45, 2.75) is 6.61 Å². The normalized spacial score (nSPS) is 10.8. The minimum atomic E-state index is -1.69. The predicted molar refractivity (Wildman–Crippen MR) is 115 cm³/mol. The van der Waals surface area contributed by atoms with Crippen LogP contribution in [0.15, 0.2) is 59.1 Å². The van der Waals surface area contributed by atoms with Crippen molar-refractivity contribution >= 4 is 23.2 Å². The number of rotatable bonds is 7. The van der Waals surface area contributed by atoms with Crippen molar-refractivity contribution in [2.75, 3.05) is 10.6 Å². The van der Waals surface area contributed by atoms with E-state index in [0.29, 0.717) is 11.4 Å². The SMILES string of the molecule is Cn1ccc(C(=O)Nc2cccc(NC(=O)c3ccc(COc4c(F)c(F)cc(F)c4F)o3)c2)n1. The van der Waals surface area contributed by atoms with E-state index in [1.807, 2.05) is 0 Å². The molecule has 0 fully saturated rings. The summed E-state index contributed by atoms with van der Waals surface area (Å²) in [6.45, 7) is -0.598. The van der Waals surface area contributed by atoms with Gasteiger partial charge in [-0.15, -0.1) is 0 Å². The van der Waals surface area contributed by atoms with E-state index >= 15 is 0 Å². The molecule has 0 saturated carbocycles. The van der Waals surface area contributed by atoms with E-state index in [1.165, 1.54) is 22.9 Å². The summed E-state index contributed by atoms with van der Waals surface area (Å²) in [7, 11) is 1.68. The third-order valence-electron chi connectivity index (χ3n) is 4.64. The summed E-state index contributed by atoms with van der Waals surface area (Å²) < 4.78 is 65.5. The molecule has 2 aromatic heterocycles. The van der Waals surface area contributed by atoms with Gasteiger partial charge in [0.05, 0.1) is 0 Å². The minimum absolute atomic E-state index is 0.0324. The average Bonchev–Trinajstić information content (AvgIpc) is 3.47. The number of amides is 2. The Bertz CT molecular complexity index is 1390. The number of carbonyl (C=O) groups is 2.